The molecule has 1 saturated carbocycles. The number of nitrogens with zero attached hydrogens (tertiary/aromatic N) is 2. The summed E-state index contributed by atoms with van der Waals surface area (Å²) in [6.07, 6.45) is 2.15. The predicted molar refractivity (Wildman–Crippen MR) is 100 cm³/mol. The molecule has 1 aliphatic heterocycles. The van der Waals surface area contributed by atoms with Crippen molar-refractivity contribution < 1.29 is 13.2 Å². The first-order valence-electron chi connectivity index (χ1n) is 9.03. The number of carbonyl (C=O) groups is 1. The Morgan fingerprint density at radius 1 is 1.00 bits per heavy atom. The van der Waals surface area contributed by atoms with Crippen LogP contribution in [0.2, 0.25) is 0 Å². The molecule has 4 rings (SSSR count). The van der Waals surface area contributed by atoms with Crippen molar-refractivity contribution in [3.8, 4) is 0 Å². The number of sulfonamides is 1. The SMILES string of the molecule is O=C(CN1CCN(S(=O)(=O)c2ccc3ccccc3c2)CC1)NC1CC1. The number of benzene rings is 2. The smallest absolute Gasteiger partial charge is 0.243 e. The molecule has 1 aliphatic carbocycles. The van der Waals surface area contributed by atoms with Crippen molar-refractivity contribution in [2.45, 2.75) is 23.8 Å². The molecule has 0 bridgehead atoms. The van der Waals surface area contributed by atoms with Crippen LogP contribution in [0.4, 0.5) is 0 Å². The summed E-state index contributed by atoms with van der Waals surface area (Å²) in [7, 11) is -3.51. The summed E-state index contributed by atoms with van der Waals surface area (Å²) in [6.45, 7) is 2.31. The predicted octanol–water partition coefficient (Wildman–Crippen LogP) is 1.42. The van der Waals surface area contributed by atoms with E-state index in [9.17, 15) is 13.2 Å². The molecule has 0 unspecified atom stereocenters. The topological polar surface area (TPSA) is 69.7 Å². The summed E-state index contributed by atoms with van der Waals surface area (Å²) < 4.78 is 27.4. The third-order valence-electron chi connectivity index (χ3n) is 5.00. The number of hydrogen-bond donors (Lipinski definition) is 1. The molecular formula is C19H23N3O3S. The van der Waals surface area contributed by atoms with Gasteiger partial charge in [-0.25, -0.2) is 8.42 Å². The highest BCUT2D eigenvalue weighted by molar-refractivity contribution is 7.89. The molecular weight excluding hydrogens is 350 g/mol. The van der Waals surface area contributed by atoms with Gasteiger partial charge in [0, 0.05) is 32.2 Å². The van der Waals surface area contributed by atoms with E-state index in [1.165, 1.54) is 4.31 Å². The zero-order valence-corrected chi connectivity index (χ0v) is 15.4. The van der Waals surface area contributed by atoms with E-state index in [1.807, 2.05) is 35.2 Å². The quantitative estimate of drug-likeness (QED) is 0.861. The average molecular weight is 373 g/mol. The number of hydrogen-bond acceptors (Lipinski definition) is 4. The van der Waals surface area contributed by atoms with Crippen molar-refractivity contribution in [2.24, 2.45) is 0 Å². The van der Waals surface area contributed by atoms with Gasteiger partial charge in [-0.3, -0.25) is 9.69 Å². The van der Waals surface area contributed by atoms with Crippen molar-refractivity contribution in [3.63, 3.8) is 0 Å². The number of nitrogens with one attached hydrogen (secondary N) is 1. The molecule has 1 amide bonds. The van der Waals surface area contributed by atoms with Gasteiger partial charge in [0.1, 0.15) is 0 Å². The van der Waals surface area contributed by atoms with E-state index >= 15 is 0 Å². The van der Waals surface area contributed by atoms with Gasteiger partial charge in [0.15, 0.2) is 0 Å². The van der Waals surface area contributed by atoms with Gasteiger partial charge in [-0.15, -0.1) is 0 Å². The van der Waals surface area contributed by atoms with Gasteiger partial charge in [0.05, 0.1) is 11.4 Å². The van der Waals surface area contributed by atoms with Gasteiger partial charge in [0.2, 0.25) is 15.9 Å². The summed E-state index contributed by atoms with van der Waals surface area (Å²) in [6, 6.07) is 13.4. The van der Waals surface area contributed by atoms with Gasteiger partial charge in [-0.05, 0) is 35.7 Å². The Labute approximate surface area is 153 Å². The maximum atomic E-state index is 12.9. The highest BCUT2D eigenvalue weighted by Crippen LogP contribution is 2.23. The molecule has 1 N–H and O–H groups in total. The Morgan fingerprint density at radius 2 is 1.69 bits per heavy atom. The van der Waals surface area contributed by atoms with Crippen LogP contribution in [0.3, 0.4) is 0 Å². The lowest BCUT2D eigenvalue weighted by molar-refractivity contribution is -0.122. The molecule has 2 aromatic carbocycles. The molecule has 7 heteroatoms. The second-order valence-electron chi connectivity index (χ2n) is 7.03. The largest absolute Gasteiger partial charge is 0.352 e. The first kappa shape index (κ1) is 17.5. The van der Waals surface area contributed by atoms with Gasteiger partial charge in [-0.2, -0.15) is 4.31 Å². The van der Waals surface area contributed by atoms with E-state index in [4.69, 9.17) is 0 Å². The molecule has 1 saturated heterocycles. The lowest BCUT2D eigenvalue weighted by atomic mass is 10.1. The van der Waals surface area contributed by atoms with Crippen LogP contribution in [0.25, 0.3) is 10.8 Å². The van der Waals surface area contributed by atoms with Crippen molar-refractivity contribution in [2.75, 3.05) is 32.7 Å². The molecule has 138 valence electrons. The fourth-order valence-electron chi connectivity index (χ4n) is 3.31. The monoisotopic (exact) mass is 373 g/mol. The fourth-order valence-corrected chi connectivity index (χ4v) is 4.77. The normalized spacial score (nSPS) is 19.5. The van der Waals surface area contributed by atoms with Crippen LogP contribution in [0.1, 0.15) is 12.8 Å². The van der Waals surface area contributed by atoms with E-state index in [1.54, 1.807) is 12.1 Å². The van der Waals surface area contributed by atoms with Crippen LogP contribution in [0, 0.1) is 0 Å². The van der Waals surface area contributed by atoms with Crippen LogP contribution in [0.5, 0.6) is 0 Å². The average Bonchev–Trinajstić information content (AvgIpc) is 3.45. The molecule has 26 heavy (non-hydrogen) atoms. The number of rotatable bonds is 5. The summed E-state index contributed by atoms with van der Waals surface area (Å²) in [4.78, 5) is 14.2. The van der Waals surface area contributed by atoms with E-state index < -0.39 is 10.0 Å². The molecule has 0 atom stereocenters. The zero-order valence-electron chi connectivity index (χ0n) is 14.6. The first-order chi connectivity index (χ1) is 12.5. The lowest BCUT2D eigenvalue weighted by Crippen LogP contribution is -2.51. The van der Waals surface area contributed by atoms with Crippen molar-refractivity contribution in [1.82, 2.24) is 14.5 Å². The Morgan fingerprint density at radius 3 is 2.38 bits per heavy atom. The van der Waals surface area contributed by atoms with E-state index in [2.05, 4.69) is 5.32 Å². The van der Waals surface area contributed by atoms with Crippen molar-refractivity contribution >= 4 is 26.7 Å². The second kappa shape index (κ2) is 6.98. The number of amides is 1. The van der Waals surface area contributed by atoms with E-state index in [-0.39, 0.29) is 5.91 Å². The third kappa shape index (κ3) is 3.75. The summed E-state index contributed by atoms with van der Waals surface area (Å²) in [5, 5.41) is 4.92. The highest BCUT2D eigenvalue weighted by atomic mass is 32.2. The van der Waals surface area contributed by atoms with Gasteiger partial charge in [-0.1, -0.05) is 30.3 Å². The minimum absolute atomic E-state index is 0.0401. The fraction of sp³-hybridized carbons (Fsp3) is 0.421. The van der Waals surface area contributed by atoms with Gasteiger partial charge in [0.25, 0.3) is 0 Å². The molecule has 1 heterocycles. The Kier molecular flexibility index (Phi) is 4.69. The van der Waals surface area contributed by atoms with Crippen LogP contribution >= 0.6 is 0 Å². The second-order valence-corrected chi connectivity index (χ2v) is 8.97. The van der Waals surface area contributed by atoms with Crippen LogP contribution in [0.15, 0.2) is 47.4 Å². The highest BCUT2D eigenvalue weighted by Gasteiger charge is 2.30. The van der Waals surface area contributed by atoms with E-state index in [0.717, 1.165) is 23.6 Å². The first-order valence-corrected chi connectivity index (χ1v) is 10.5. The van der Waals surface area contributed by atoms with Crippen molar-refractivity contribution in [3.05, 3.63) is 42.5 Å². The van der Waals surface area contributed by atoms with Gasteiger partial charge >= 0.3 is 0 Å². The molecule has 2 fully saturated rings. The molecule has 0 radical (unpaired) electrons. The maximum Gasteiger partial charge on any atom is 0.243 e. The van der Waals surface area contributed by atoms with Crippen LogP contribution < -0.4 is 5.32 Å². The number of carbonyl (C=O) groups excluding carboxylic acids is 1. The van der Waals surface area contributed by atoms with E-state index in [0.29, 0.717) is 43.7 Å². The summed E-state index contributed by atoms with van der Waals surface area (Å²) in [5.74, 6) is 0.0401. The Bertz CT molecular complexity index is 917. The Balaban J connectivity index is 1.41. The summed E-state index contributed by atoms with van der Waals surface area (Å²) >= 11 is 0. The molecule has 0 spiro atoms. The minimum Gasteiger partial charge on any atom is -0.352 e. The molecule has 2 aliphatic rings. The van der Waals surface area contributed by atoms with Crippen molar-refractivity contribution in [1.29, 1.82) is 0 Å². The standard InChI is InChI=1S/C19H23N3O3S/c23-19(20-17-6-7-17)14-21-9-11-22(12-10-21)26(24,25)18-8-5-15-3-1-2-4-16(15)13-18/h1-5,8,13,17H,6-7,9-12,14H2,(H,20,23). The summed E-state index contributed by atoms with van der Waals surface area (Å²) in [5.41, 5.74) is 0. The van der Waals surface area contributed by atoms with Crippen LogP contribution in [-0.2, 0) is 14.8 Å². The minimum atomic E-state index is -3.51. The van der Waals surface area contributed by atoms with Gasteiger partial charge < -0.3 is 5.32 Å². The molecule has 0 aromatic heterocycles. The Hall–Kier alpha value is -1.96. The maximum absolute atomic E-state index is 12.9. The third-order valence-corrected chi connectivity index (χ3v) is 6.89. The lowest BCUT2D eigenvalue weighted by Gasteiger charge is -2.33. The molecule has 6 nitrogen and oxygen atoms in total. The van der Waals surface area contributed by atoms with Crippen LogP contribution in [-0.4, -0.2) is 62.3 Å². The zero-order chi connectivity index (χ0) is 18.1. The number of piperazine rings is 1. The number of fused-ring (bicyclic) bond motifs is 1. The molecule has 2 aromatic rings.